The number of carbonyl (C=O) groups is 1. The predicted octanol–water partition coefficient (Wildman–Crippen LogP) is 4.31. The van der Waals surface area contributed by atoms with Gasteiger partial charge in [0.15, 0.2) is 12.4 Å². The minimum absolute atomic E-state index is 0.0537. The van der Waals surface area contributed by atoms with Gasteiger partial charge in [-0.15, -0.1) is 0 Å². The Morgan fingerprint density at radius 2 is 2.03 bits per heavy atom. The molecule has 0 aromatic carbocycles. The van der Waals surface area contributed by atoms with E-state index in [1.165, 1.54) is 30.1 Å². The fraction of sp³-hybridized carbons (Fsp3) is 0.741. The summed E-state index contributed by atoms with van der Waals surface area (Å²) in [5.74, 6) is 1.25. The van der Waals surface area contributed by atoms with E-state index in [1.807, 2.05) is 0 Å². The van der Waals surface area contributed by atoms with Crippen LogP contribution in [-0.4, -0.2) is 54.0 Å². The zero-order valence-corrected chi connectivity index (χ0v) is 20.7. The van der Waals surface area contributed by atoms with E-state index in [4.69, 9.17) is 14.2 Å². The Balaban J connectivity index is 1.76. The number of aliphatic hydroxyl groups is 2. The topological polar surface area (TPSA) is 85.2 Å². The van der Waals surface area contributed by atoms with E-state index in [0.29, 0.717) is 30.3 Å². The normalized spacial score (nSPS) is 35.3. The number of hydrogen-bond acceptors (Lipinski definition) is 6. The van der Waals surface area contributed by atoms with Gasteiger partial charge in [0.1, 0.15) is 12.2 Å². The molecule has 186 valence electrons. The van der Waals surface area contributed by atoms with Crippen LogP contribution in [0.3, 0.4) is 0 Å². The summed E-state index contributed by atoms with van der Waals surface area (Å²) in [4.78, 5) is 11.6. The smallest absolute Gasteiger partial charge is 0.303 e. The molecule has 0 aromatic rings. The summed E-state index contributed by atoms with van der Waals surface area (Å²) in [6.45, 7) is 12.5. The highest BCUT2D eigenvalue weighted by Crippen LogP contribution is 2.48. The van der Waals surface area contributed by atoms with Crippen LogP contribution in [0.15, 0.2) is 35.5 Å². The third kappa shape index (κ3) is 6.78. The molecule has 6 nitrogen and oxygen atoms in total. The van der Waals surface area contributed by atoms with Gasteiger partial charge in [-0.2, -0.15) is 0 Å². The standard InChI is InChI=1S/C27H42O6/c1-16(2)7-6-8-20(22-12-10-18(4)21-11-9-17(3)13-23(21)22)14-31-27-26(33-19(5)28)25(30)24(29)15-32-27/h7,13,20-27,29-30H,4,6,8-12,14-15H2,1-3,5H3/t20-,21+,22-,23+,24-,25+,26-,27-/m0/s1. The van der Waals surface area contributed by atoms with Crippen LogP contribution in [0, 0.1) is 23.7 Å². The Morgan fingerprint density at radius 3 is 2.73 bits per heavy atom. The van der Waals surface area contributed by atoms with Gasteiger partial charge in [0.2, 0.25) is 0 Å². The Morgan fingerprint density at radius 1 is 1.27 bits per heavy atom. The minimum Gasteiger partial charge on any atom is -0.454 e. The van der Waals surface area contributed by atoms with Crippen molar-refractivity contribution in [3.63, 3.8) is 0 Å². The molecule has 1 heterocycles. The van der Waals surface area contributed by atoms with Crippen LogP contribution in [0.4, 0.5) is 0 Å². The molecule has 33 heavy (non-hydrogen) atoms. The zero-order valence-electron chi connectivity index (χ0n) is 20.7. The Hall–Kier alpha value is -1.47. The third-order valence-corrected chi connectivity index (χ3v) is 7.51. The van der Waals surface area contributed by atoms with Crippen LogP contribution in [0.1, 0.15) is 66.2 Å². The highest BCUT2D eigenvalue weighted by molar-refractivity contribution is 5.66. The van der Waals surface area contributed by atoms with Crippen molar-refractivity contribution < 1.29 is 29.2 Å². The van der Waals surface area contributed by atoms with Crippen molar-refractivity contribution in [3.8, 4) is 0 Å². The molecular formula is C27H42O6. The maximum Gasteiger partial charge on any atom is 0.303 e. The van der Waals surface area contributed by atoms with E-state index in [0.717, 1.165) is 32.1 Å². The van der Waals surface area contributed by atoms with Crippen LogP contribution >= 0.6 is 0 Å². The van der Waals surface area contributed by atoms with Crippen LogP contribution in [0.25, 0.3) is 0 Å². The van der Waals surface area contributed by atoms with Crippen molar-refractivity contribution >= 4 is 5.97 Å². The van der Waals surface area contributed by atoms with Crippen molar-refractivity contribution in [2.75, 3.05) is 13.2 Å². The lowest BCUT2D eigenvalue weighted by atomic mass is 9.61. The highest BCUT2D eigenvalue weighted by atomic mass is 16.7. The van der Waals surface area contributed by atoms with E-state index >= 15 is 0 Å². The molecule has 8 atom stereocenters. The molecule has 0 aromatic heterocycles. The molecule has 1 saturated carbocycles. The second-order valence-electron chi connectivity index (χ2n) is 10.4. The van der Waals surface area contributed by atoms with Gasteiger partial charge in [0.05, 0.1) is 13.2 Å². The maximum absolute atomic E-state index is 11.6. The van der Waals surface area contributed by atoms with Crippen LogP contribution in [-0.2, 0) is 19.0 Å². The number of ether oxygens (including phenoxy) is 3. The molecule has 0 unspecified atom stereocenters. The lowest BCUT2D eigenvalue weighted by Gasteiger charge is -2.45. The first-order valence-electron chi connectivity index (χ1n) is 12.4. The van der Waals surface area contributed by atoms with Gasteiger partial charge in [0, 0.05) is 6.92 Å². The number of fused-ring (bicyclic) bond motifs is 1. The summed E-state index contributed by atoms with van der Waals surface area (Å²) in [6, 6.07) is 0. The minimum atomic E-state index is -1.23. The van der Waals surface area contributed by atoms with E-state index < -0.39 is 30.6 Å². The van der Waals surface area contributed by atoms with Crippen molar-refractivity contribution in [3.05, 3.63) is 35.5 Å². The zero-order chi connectivity index (χ0) is 24.1. The SMILES string of the molecule is C=C1CC[C@@H]([C@@H](CCC=C(C)C)CO[C@H]2OC[C@H](O)[C@@H](O)[C@@H]2OC(C)=O)[C@@H]2C=C(C)CC[C@H]12. The van der Waals surface area contributed by atoms with Gasteiger partial charge in [-0.1, -0.05) is 35.5 Å². The van der Waals surface area contributed by atoms with E-state index in [9.17, 15) is 15.0 Å². The molecule has 2 fully saturated rings. The largest absolute Gasteiger partial charge is 0.454 e. The van der Waals surface area contributed by atoms with Crippen LogP contribution in [0.5, 0.6) is 0 Å². The fourth-order valence-corrected chi connectivity index (χ4v) is 5.73. The van der Waals surface area contributed by atoms with Crippen LogP contribution in [0.2, 0.25) is 0 Å². The van der Waals surface area contributed by atoms with Crippen molar-refractivity contribution in [1.29, 1.82) is 0 Å². The first-order valence-corrected chi connectivity index (χ1v) is 12.4. The molecule has 2 aliphatic carbocycles. The summed E-state index contributed by atoms with van der Waals surface area (Å²) in [5.41, 5.74) is 4.15. The molecule has 1 aliphatic heterocycles. The number of hydrogen-bond donors (Lipinski definition) is 2. The van der Waals surface area contributed by atoms with Gasteiger partial charge in [-0.3, -0.25) is 4.79 Å². The lowest BCUT2D eigenvalue weighted by Crippen LogP contribution is -2.55. The predicted molar refractivity (Wildman–Crippen MR) is 127 cm³/mol. The number of allylic oxidation sites excluding steroid dienone is 5. The maximum atomic E-state index is 11.6. The second kappa shape index (κ2) is 11.8. The molecule has 2 N–H and O–H groups in total. The number of aliphatic hydroxyl groups excluding tert-OH is 2. The first-order chi connectivity index (χ1) is 15.7. The van der Waals surface area contributed by atoms with Gasteiger partial charge in [0.25, 0.3) is 0 Å². The molecule has 3 aliphatic rings. The van der Waals surface area contributed by atoms with Gasteiger partial charge in [-0.25, -0.2) is 0 Å². The molecule has 0 amide bonds. The van der Waals surface area contributed by atoms with E-state index in [1.54, 1.807) is 0 Å². The Bertz CT molecular complexity index is 752. The molecule has 0 radical (unpaired) electrons. The van der Waals surface area contributed by atoms with Crippen LogP contribution < -0.4 is 0 Å². The number of rotatable bonds is 8. The quantitative estimate of drug-likeness (QED) is 0.413. The van der Waals surface area contributed by atoms with Crippen molar-refractivity contribution in [1.82, 2.24) is 0 Å². The first kappa shape index (κ1) is 26.1. The molecule has 1 saturated heterocycles. The summed E-state index contributed by atoms with van der Waals surface area (Å²) < 4.78 is 17.1. The number of esters is 1. The van der Waals surface area contributed by atoms with E-state index in [-0.39, 0.29) is 6.61 Å². The summed E-state index contributed by atoms with van der Waals surface area (Å²) in [7, 11) is 0. The summed E-state index contributed by atoms with van der Waals surface area (Å²) in [6.07, 6.45) is 6.90. The van der Waals surface area contributed by atoms with Crippen molar-refractivity contribution in [2.24, 2.45) is 23.7 Å². The molecule has 6 heteroatoms. The summed E-state index contributed by atoms with van der Waals surface area (Å²) in [5, 5.41) is 20.3. The van der Waals surface area contributed by atoms with Crippen molar-refractivity contribution in [2.45, 2.75) is 90.8 Å². The molecular weight excluding hydrogens is 420 g/mol. The van der Waals surface area contributed by atoms with Gasteiger partial charge < -0.3 is 24.4 Å². The van der Waals surface area contributed by atoms with Gasteiger partial charge >= 0.3 is 5.97 Å². The summed E-state index contributed by atoms with van der Waals surface area (Å²) >= 11 is 0. The fourth-order valence-electron chi connectivity index (χ4n) is 5.73. The molecule has 0 spiro atoms. The van der Waals surface area contributed by atoms with E-state index in [2.05, 4.69) is 39.5 Å². The third-order valence-electron chi connectivity index (χ3n) is 7.51. The molecule has 3 rings (SSSR count). The number of carbonyl (C=O) groups excluding carboxylic acids is 1. The average molecular weight is 463 g/mol. The monoisotopic (exact) mass is 462 g/mol. The average Bonchev–Trinajstić information content (AvgIpc) is 2.75. The highest BCUT2D eigenvalue weighted by Gasteiger charge is 2.44. The Kier molecular flexibility index (Phi) is 9.34. The lowest BCUT2D eigenvalue weighted by molar-refractivity contribution is -0.278. The Labute approximate surface area is 198 Å². The van der Waals surface area contributed by atoms with Gasteiger partial charge in [-0.05, 0) is 83.0 Å². The second-order valence-corrected chi connectivity index (χ2v) is 10.4. The molecule has 0 bridgehead atoms.